The number of carbonyl (C=O) groups excluding carboxylic acids is 2. The molecule has 0 unspecified atom stereocenters. The van der Waals surface area contributed by atoms with Gasteiger partial charge in [-0.25, -0.2) is 0 Å². The van der Waals surface area contributed by atoms with Crippen LogP contribution in [0.15, 0.2) is 22.8 Å². The lowest BCUT2D eigenvalue weighted by Gasteiger charge is -2.19. The second kappa shape index (κ2) is 4.70. The van der Waals surface area contributed by atoms with Gasteiger partial charge in [0.25, 0.3) is 0 Å². The molecule has 1 aliphatic carbocycles. The molecule has 2 rings (SSSR count). The third-order valence-corrected chi connectivity index (χ3v) is 2.76. The summed E-state index contributed by atoms with van der Waals surface area (Å²) in [5, 5.41) is 0. The van der Waals surface area contributed by atoms with E-state index in [0.29, 0.717) is 0 Å². The van der Waals surface area contributed by atoms with Crippen LogP contribution in [0.2, 0.25) is 0 Å². The molecule has 0 radical (unpaired) electrons. The normalized spacial score (nSPS) is 14.8. The molecule has 16 heavy (non-hydrogen) atoms. The lowest BCUT2D eigenvalue weighted by Crippen LogP contribution is -2.38. The van der Waals surface area contributed by atoms with E-state index < -0.39 is 0 Å². The monoisotopic (exact) mass is 241 g/mol. The molecule has 0 atom stereocenters. The Labute approximate surface area is 98.2 Å². The third-order valence-electron chi connectivity index (χ3n) is 2.53. The topological polar surface area (TPSA) is 50.5 Å². The van der Waals surface area contributed by atoms with E-state index in [1.807, 2.05) is 0 Å². The Morgan fingerprint density at radius 1 is 1.50 bits per heavy atom. The van der Waals surface area contributed by atoms with Crippen LogP contribution in [0.4, 0.5) is 0 Å². The van der Waals surface area contributed by atoms with E-state index in [-0.39, 0.29) is 35.9 Å². The van der Waals surface area contributed by atoms with E-state index in [9.17, 15) is 9.59 Å². The molecule has 5 heteroatoms. The Kier molecular flexibility index (Phi) is 3.29. The van der Waals surface area contributed by atoms with Crippen LogP contribution in [0, 0.1) is 0 Å². The molecule has 0 spiro atoms. The van der Waals surface area contributed by atoms with Gasteiger partial charge in [0.1, 0.15) is 5.88 Å². The minimum Gasteiger partial charge on any atom is -0.461 e. The van der Waals surface area contributed by atoms with Crippen LogP contribution < -0.4 is 0 Å². The summed E-state index contributed by atoms with van der Waals surface area (Å²) in [6, 6.07) is 3.43. The van der Waals surface area contributed by atoms with E-state index >= 15 is 0 Å². The standard InChI is InChI=1S/C11H12ClNO3/c12-6-11(15)13(8-3-4-8)7-9(14)10-2-1-5-16-10/h1-2,5,8H,3-4,6-7H2. The molecule has 1 heterocycles. The first-order valence-electron chi connectivity index (χ1n) is 5.14. The van der Waals surface area contributed by atoms with Gasteiger partial charge >= 0.3 is 0 Å². The largest absolute Gasteiger partial charge is 0.461 e. The number of Topliss-reactive ketones (excluding diaryl/α,β-unsaturated/α-hetero) is 1. The van der Waals surface area contributed by atoms with Gasteiger partial charge in [0.05, 0.1) is 12.8 Å². The zero-order valence-corrected chi connectivity index (χ0v) is 9.44. The number of nitrogens with zero attached hydrogens (tertiary/aromatic N) is 1. The molecular formula is C11H12ClNO3. The fourth-order valence-corrected chi connectivity index (χ4v) is 1.71. The molecule has 0 saturated heterocycles. The average molecular weight is 242 g/mol. The van der Waals surface area contributed by atoms with Crippen molar-refractivity contribution in [2.45, 2.75) is 18.9 Å². The summed E-state index contributed by atoms with van der Waals surface area (Å²) in [7, 11) is 0. The summed E-state index contributed by atoms with van der Waals surface area (Å²) in [5.74, 6) is -0.172. The van der Waals surface area contributed by atoms with Gasteiger partial charge < -0.3 is 9.32 Å². The van der Waals surface area contributed by atoms with E-state index in [1.54, 1.807) is 12.1 Å². The summed E-state index contributed by atoms with van der Waals surface area (Å²) >= 11 is 5.50. The second-order valence-electron chi connectivity index (χ2n) is 3.79. The zero-order valence-electron chi connectivity index (χ0n) is 8.69. The molecule has 86 valence electrons. The molecule has 1 amide bonds. The number of amides is 1. The Balaban J connectivity index is 2.00. The molecule has 1 aromatic rings. The highest BCUT2D eigenvalue weighted by Gasteiger charge is 2.33. The van der Waals surface area contributed by atoms with Crippen LogP contribution >= 0.6 is 11.6 Å². The SMILES string of the molecule is O=C(CN(C(=O)CCl)C1CC1)c1ccco1. The summed E-state index contributed by atoms with van der Waals surface area (Å²) in [4.78, 5) is 24.8. The van der Waals surface area contributed by atoms with Crippen LogP contribution in [0.1, 0.15) is 23.4 Å². The number of hydrogen-bond acceptors (Lipinski definition) is 3. The highest BCUT2D eigenvalue weighted by molar-refractivity contribution is 6.27. The van der Waals surface area contributed by atoms with Gasteiger partial charge in [0.2, 0.25) is 11.7 Å². The van der Waals surface area contributed by atoms with E-state index in [2.05, 4.69) is 0 Å². The Morgan fingerprint density at radius 3 is 2.75 bits per heavy atom. The molecule has 1 aliphatic rings. The third kappa shape index (κ3) is 2.44. The Bertz CT molecular complexity index is 384. The Morgan fingerprint density at radius 2 is 2.25 bits per heavy atom. The minimum absolute atomic E-state index is 0.0593. The van der Waals surface area contributed by atoms with Crippen molar-refractivity contribution in [3.8, 4) is 0 Å². The second-order valence-corrected chi connectivity index (χ2v) is 4.05. The van der Waals surface area contributed by atoms with Gasteiger partial charge in [-0.2, -0.15) is 0 Å². The van der Waals surface area contributed by atoms with Gasteiger partial charge in [-0.05, 0) is 25.0 Å². The molecule has 0 aliphatic heterocycles. The van der Waals surface area contributed by atoms with Crippen molar-refractivity contribution in [2.75, 3.05) is 12.4 Å². The number of rotatable bonds is 5. The van der Waals surface area contributed by atoms with Crippen molar-refractivity contribution in [1.82, 2.24) is 4.90 Å². The highest BCUT2D eigenvalue weighted by Crippen LogP contribution is 2.27. The lowest BCUT2D eigenvalue weighted by molar-refractivity contribution is -0.128. The molecule has 0 aromatic carbocycles. The summed E-state index contributed by atoms with van der Waals surface area (Å²) in [5.41, 5.74) is 0. The molecule has 1 saturated carbocycles. The quantitative estimate of drug-likeness (QED) is 0.582. The predicted octanol–water partition coefficient (Wildman–Crippen LogP) is 1.69. The van der Waals surface area contributed by atoms with Crippen LogP contribution in [-0.4, -0.2) is 35.1 Å². The van der Waals surface area contributed by atoms with Crippen molar-refractivity contribution in [3.63, 3.8) is 0 Å². The van der Waals surface area contributed by atoms with Crippen molar-refractivity contribution in [3.05, 3.63) is 24.2 Å². The van der Waals surface area contributed by atoms with E-state index in [1.165, 1.54) is 11.2 Å². The first-order valence-corrected chi connectivity index (χ1v) is 5.68. The van der Waals surface area contributed by atoms with Gasteiger partial charge in [-0.3, -0.25) is 9.59 Å². The predicted molar refractivity (Wildman–Crippen MR) is 58.5 cm³/mol. The number of carbonyl (C=O) groups is 2. The molecule has 0 N–H and O–H groups in total. The lowest BCUT2D eigenvalue weighted by atomic mass is 10.2. The smallest absolute Gasteiger partial charge is 0.238 e. The maximum atomic E-state index is 11.7. The highest BCUT2D eigenvalue weighted by atomic mass is 35.5. The first-order chi connectivity index (χ1) is 7.72. The average Bonchev–Trinajstić information content (AvgIpc) is 2.98. The molecule has 1 aromatic heterocycles. The maximum absolute atomic E-state index is 11.7. The molecule has 4 nitrogen and oxygen atoms in total. The zero-order chi connectivity index (χ0) is 11.5. The van der Waals surface area contributed by atoms with Gasteiger partial charge in [-0.1, -0.05) is 0 Å². The molecule has 1 fully saturated rings. The fraction of sp³-hybridized carbons (Fsp3) is 0.455. The van der Waals surface area contributed by atoms with Crippen LogP contribution in [0.3, 0.4) is 0 Å². The number of ketones is 1. The van der Waals surface area contributed by atoms with Crippen molar-refractivity contribution >= 4 is 23.3 Å². The number of alkyl halides is 1. The maximum Gasteiger partial charge on any atom is 0.238 e. The number of furan rings is 1. The molecule has 0 bridgehead atoms. The van der Waals surface area contributed by atoms with Crippen LogP contribution in [0.5, 0.6) is 0 Å². The Hall–Kier alpha value is -1.29. The molecular weight excluding hydrogens is 230 g/mol. The fourth-order valence-electron chi connectivity index (χ4n) is 1.55. The van der Waals surface area contributed by atoms with Gasteiger partial charge in [-0.15, -0.1) is 11.6 Å². The van der Waals surface area contributed by atoms with E-state index in [4.69, 9.17) is 16.0 Å². The summed E-state index contributed by atoms with van der Waals surface area (Å²) < 4.78 is 4.99. The van der Waals surface area contributed by atoms with Crippen LogP contribution in [0.25, 0.3) is 0 Å². The van der Waals surface area contributed by atoms with Crippen molar-refractivity contribution < 1.29 is 14.0 Å². The van der Waals surface area contributed by atoms with E-state index in [0.717, 1.165) is 12.8 Å². The summed E-state index contributed by atoms with van der Waals surface area (Å²) in [6.07, 6.45) is 3.35. The van der Waals surface area contributed by atoms with Gasteiger partial charge in [0, 0.05) is 6.04 Å². The van der Waals surface area contributed by atoms with Crippen molar-refractivity contribution in [1.29, 1.82) is 0 Å². The summed E-state index contributed by atoms with van der Waals surface area (Å²) in [6.45, 7) is 0.0593. The number of halogens is 1. The van der Waals surface area contributed by atoms with Gasteiger partial charge in [0.15, 0.2) is 5.76 Å². The van der Waals surface area contributed by atoms with Crippen LogP contribution in [-0.2, 0) is 4.79 Å². The first kappa shape index (κ1) is 11.2. The minimum atomic E-state index is -0.191. The van der Waals surface area contributed by atoms with Crippen molar-refractivity contribution in [2.24, 2.45) is 0 Å². The number of hydrogen-bond donors (Lipinski definition) is 0.